The lowest BCUT2D eigenvalue weighted by molar-refractivity contribution is 0.296. The van der Waals surface area contributed by atoms with Gasteiger partial charge < -0.3 is 9.30 Å². The quantitative estimate of drug-likeness (QED) is 0.841. The molecule has 0 bridgehead atoms. The maximum atomic E-state index is 12.7. The second kappa shape index (κ2) is 4.70. The number of nitrogens with zero attached hydrogens (tertiary/aromatic N) is 1. The molecule has 16 heavy (non-hydrogen) atoms. The van der Waals surface area contributed by atoms with Crippen molar-refractivity contribution in [1.82, 2.24) is 4.57 Å². The lowest BCUT2D eigenvalue weighted by Crippen LogP contribution is -2.01. The van der Waals surface area contributed by atoms with Crippen molar-refractivity contribution in [3.63, 3.8) is 0 Å². The Labute approximate surface area is 102 Å². The lowest BCUT2D eigenvalue weighted by atomic mass is 10.3. The Hall–Kier alpha value is -1.29. The molecule has 0 N–H and O–H groups in total. The minimum atomic E-state index is -0.256. The van der Waals surface area contributed by atoms with Crippen molar-refractivity contribution in [2.24, 2.45) is 7.05 Å². The maximum absolute atomic E-state index is 12.7. The molecule has 84 valence electrons. The van der Waals surface area contributed by atoms with E-state index in [1.54, 1.807) is 12.1 Å². The highest BCUT2D eigenvalue weighted by Crippen LogP contribution is 2.17. The Morgan fingerprint density at radius 1 is 1.19 bits per heavy atom. The molecule has 0 spiro atoms. The van der Waals surface area contributed by atoms with Gasteiger partial charge in [-0.15, -0.1) is 0 Å². The smallest absolute Gasteiger partial charge is 0.128 e. The van der Waals surface area contributed by atoms with Crippen LogP contribution in [0.15, 0.2) is 41.0 Å². The highest BCUT2D eigenvalue weighted by molar-refractivity contribution is 9.10. The van der Waals surface area contributed by atoms with Crippen LogP contribution in [0.5, 0.6) is 5.75 Å². The van der Waals surface area contributed by atoms with E-state index in [0.29, 0.717) is 12.4 Å². The van der Waals surface area contributed by atoms with E-state index in [-0.39, 0.29) is 5.82 Å². The zero-order valence-corrected chi connectivity index (χ0v) is 10.4. The average molecular weight is 284 g/mol. The number of benzene rings is 1. The van der Waals surface area contributed by atoms with E-state index in [1.807, 2.05) is 23.7 Å². The van der Waals surface area contributed by atoms with E-state index in [0.717, 1.165) is 10.3 Å². The van der Waals surface area contributed by atoms with Crippen molar-refractivity contribution in [2.45, 2.75) is 6.61 Å². The van der Waals surface area contributed by atoms with Crippen molar-refractivity contribution in [3.05, 3.63) is 52.5 Å². The van der Waals surface area contributed by atoms with Gasteiger partial charge in [0.25, 0.3) is 0 Å². The molecule has 0 radical (unpaired) electrons. The summed E-state index contributed by atoms with van der Waals surface area (Å²) in [5, 5.41) is 0. The third kappa shape index (κ3) is 2.44. The van der Waals surface area contributed by atoms with Crippen LogP contribution in [-0.2, 0) is 13.7 Å². The summed E-state index contributed by atoms with van der Waals surface area (Å²) >= 11 is 3.41. The number of hydrogen-bond donors (Lipinski definition) is 0. The zero-order valence-electron chi connectivity index (χ0n) is 8.78. The molecule has 0 aliphatic rings. The molecule has 1 heterocycles. The van der Waals surface area contributed by atoms with Crippen molar-refractivity contribution in [1.29, 1.82) is 0 Å². The predicted octanol–water partition coefficient (Wildman–Crippen LogP) is 3.51. The highest BCUT2D eigenvalue weighted by Gasteiger charge is 2.02. The van der Waals surface area contributed by atoms with Crippen LogP contribution in [0, 0.1) is 5.82 Å². The number of ether oxygens (including phenoxy) is 1. The molecule has 1 aromatic heterocycles. The topological polar surface area (TPSA) is 14.2 Å². The van der Waals surface area contributed by atoms with Crippen LogP contribution in [0.1, 0.15) is 5.69 Å². The number of rotatable bonds is 3. The molecule has 0 aliphatic heterocycles. The van der Waals surface area contributed by atoms with Gasteiger partial charge in [0.05, 0.1) is 10.3 Å². The molecule has 0 aliphatic carbocycles. The van der Waals surface area contributed by atoms with Crippen molar-refractivity contribution in [3.8, 4) is 5.75 Å². The van der Waals surface area contributed by atoms with Gasteiger partial charge in [0.15, 0.2) is 0 Å². The normalized spacial score (nSPS) is 10.4. The van der Waals surface area contributed by atoms with Crippen molar-refractivity contribution in [2.75, 3.05) is 0 Å². The van der Waals surface area contributed by atoms with Crippen LogP contribution in [0.2, 0.25) is 0 Å². The molecular weight excluding hydrogens is 273 g/mol. The first-order chi connectivity index (χ1) is 7.66. The first kappa shape index (κ1) is 11.2. The first-order valence-corrected chi connectivity index (χ1v) is 5.64. The summed E-state index contributed by atoms with van der Waals surface area (Å²) < 4.78 is 21.2. The molecule has 0 saturated heterocycles. The Morgan fingerprint density at radius 3 is 2.44 bits per heavy atom. The summed E-state index contributed by atoms with van der Waals surface area (Å²) in [6, 6.07) is 9.95. The van der Waals surface area contributed by atoms with Crippen LogP contribution >= 0.6 is 15.9 Å². The third-order valence-electron chi connectivity index (χ3n) is 2.36. The molecule has 2 rings (SSSR count). The van der Waals surface area contributed by atoms with Crippen LogP contribution in [0.3, 0.4) is 0 Å². The van der Waals surface area contributed by atoms with Gasteiger partial charge in [0.1, 0.15) is 18.2 Å². The molecule has 0 unspecified atom stereocenters. The summed E-state index contributed by atoms with van der Waals surface area (Å²) in [7, 11) is 1.95. The maximum Gasteiger partial charge on any atom is 0.128 e. The van der Waals surface area contributed by atoms with Crippen LogP contribution in [-0.4, -0.2) is 4.57 Å². The summed E-state index contributed by atoms with van der Waals surface area (Å²) in [4.78, 5) is 0. The highest BCUT2D eigenvalue weighted by atomic mass is 79.9. The minimum Gasteiger partial charge on any atom is -0.487 e. The Kier molecular flexibility index (Phi) is 3.29. The molecule has 0 fully saturated rings. The minimum absolute atomic E-state index is 0.256. The molecular formula is C12H11BrFNO. The largest absolute Gasteiger partial charge is 0.487 e. The van der Waals surface area contributed by atoms with Crippen molar-refractivity contribution < 1.29 is 9.13 Å². The number of halogens is 2. The van der Waals surface area contributed by atoms with E-state index >= 15 is 0 Å². The van der Waals surface area contributed by atoms with E-state index in [4.69, 9.17) is 4.74 Å². The van der Waals surface area contributed by atoms with Gasteiger partial charge in [-0.1, -0.05) is 0 Å². The van der Waals surface area contributed by atoms with Crippen molar-refractivity contribution >= 4 is 15.9 Å². The third-order valence-corrected chi connectivity index (χ3v) is 3.16. The molecule has 1 aromatic carbocycles. The van der Waals surface area contributed by atoms with Crippen LogP contribution < -0.4 is 4.74 Å². The van der Waals surface area contributed by atoms with Crippen LogP contribution in [0.25, 0.3) is 0 Å². The predicted molar refractivity (Wildman–Crippen MR) is 63.8 cm³/mol. The molecule has 0 amide bonds. The van der Waals surface area contributed by atoms with Gasteiger partial charge in [-0.25, -0.2) is 4.39 Å². The van der Waals surface area contributed by atoms with Gasteiger partial charge in [-0.05, 0) is 52.3 Å². The van der Waals surface area contributed by atoms with E-state index in [2.05, 4.69) is 15.9 Å². The van der Waals surface area contributed by atoms with Gasteiger partial charge in [0.2, 0.25) is 0 Å². The van der Waals surface area contributed by atoms with Crippen LogP contribution in [0.4, 0.5) is 4.39 Å². The van der Waals surface area contributed by atoms with E-state index in [1.165, 1.54) is 12.1 Å². The fourth-order valence-corrected chi connectivity index (χ4v) is 1.72. The average Bonchev–Trinajstić information content (AvgIpc) is 2.60. The first-order valence-electron chi connectivity index (χ1n) is 4.85. The zero-order chi connectivity index (χ0) is 11.5. The Bertz CT molecular complexity index is 478. The molecule has 4 heteroatoms. The van der Waals surface area contributed by atoms with Gasteiger partial charge >= 0.3 is 0 Å². The SMILES string of the molecule is Cn1c(Br)ccc1COc1ccc(F)cc1. The second-order valence-electron chi connectivity index (χ2n) is 3.45. The lowest BCUT2D eigenvalue weighted by Gasteiger charge is -2.07. The summed E-state index contributed by atoms with van der Waals surface area (Å²) in [5.74, 6) is 0.410. The summed E-state index contributed by atoms with van der Waals surface area (Å²) in [5.41, 5.74) is 1.05. The molecule has 2 nitrogen and oxygen atoms in total. The Balaban J connectivity index is 2.02. The summed E-state index contributed by atoms with van der Waals surface area (Å²) in [6.45, 7) is 0.466. The van der Waals surface area contributed by atoms with E-state index in [9.17, 15) is 4.39 Å². The van der Waals surface area contributed by atoms with Gasteiger partial charge in [-0.2, -0.15) is 0 Å². The number of hydrogen-bond acceptors (Lipinski definition) is 1. The van der Waals surface area contributed by atoms with Gasteiger partial charge in [-0.3, -0.25) is 0 Å². The second-order valence-corrected chi connectivity index (χ2v) is 4.26. The molecule has 2 aromatic rings. The molecule has 0 atom stereocenters. The molecule has 0 saturated carbocycles. The Morgan fingerprint density at radius 2 is 1.88 bits per heavy atom. The standard InChI is InChI=1S/C12H11BrFNO/c1-15-10(4-7-12(15)13)8-16-11-5-2-9(14)3-6-11/h2-7H,8H2,1H3. The monoisotopic (exact) mass is 283 g/mol. The fourth-order valence-electron chi connectivity index (χ4n) is 1.36. The fraction of sp³-hybridized carbons (Fsp3) is 0.167. The van der Waals surface area contributed by atoms with Gasteiger partial charge in [0, 0.05) is 7.05 Å². The summed E-state index contributed by atoms with van der Waals surface area (Å²) in [6.07, 6.45) is 0. The van der Waals surface area contributed by atoms with E-state index < -0.39 is 0 Å². The number of aromatic nitrogens is 1.